The molecule has 3 rings (SSSR count). The van der Waals surface area contributed by atoms with Gasteiger partial charge in [-0.05, 0) is 23.6 Å². The van der Waals surface area contributed by atoms with Gasteiger partial charge in [-0.3, -0.25) is 4.90 Å². The number of nitrogens with one attached hydrogen (secondary N) is 1. The van der Waals surface area contributed by atoms with Crippen molar-refractivity contribution in [2.45, 2.75) is 26.3 Å². The van der Waals surface area contributed by atoms with Crippen molar-refractivity contribution in [3.05, 3.63) is 17.7 Å². The predicted molar refractivity (Wildman–Crippen MR) is 85.8 cm³/mol. The number of fused-ring (bicyclic) bond motifs is 1. The third kappa shape index (κ3) is 2.88. The topological polar surface area (TPSA) is 43.0 Å². The van der Waals surface area contributed by atoms with Gasteiger partial charge in [-0.2, -0.15) is 0 Å². The summed E-state index contributed by atoms with van der Waals surface area (Å²) in [5, 5.41) is 3.43. The molecule has 0 amide bonds. The van der Waals surface area contributed by atoms with Gasteiger partial charge in [0.25, 0.3) is 0 Å². The molecule has 2 atom stereocenters. The van der Waals surface area contributed by atoms with E-state index in [0.717, 1.165) is 49.8 Å². The Hall–Kier alpha value is -1.46. The Balaban J connectivity index is 1.96. The van der Waals surface area contributed by atoms with Crippen LogP contribution in [-0.2, 0) is 0 Å². The fourth-order valence-corrected chi connectivity index (χ4v) is 3.40. The number of hydrogen-bond acceptors (Lipinski definition) is 5. The SMILES string of the molecule is CCC(C)[C@H](c1cc(OC)c2c(c1)OCO2)N1CCNCC1. The predicted octanol–water partition coefficient (Wildman–Crippen LogP) is 2.42. The van der Waals surface area contributed by atoms with Crippen LogP contribution >= 0.6 is 0 Å². The van der Waals surface area contributed by atoms with Gasteiger partial charge in [-0.15, -0.1) is 0 Å². The van der Waals surface area contributed by atoms with Crippen LogP contribution in [0.4, 0.5) is 0 Å². The van der Waals surface area contributed by atoms with Crippen molar-refractivity contribution in [1.82, 2.24) is 10.2 Å². The van der Waals surface area contributed by atoms with E-state index in [4.69, 9.17) is 14.2 Å². The van der Waals surface area contributed by atoms with Crippen LogP contribution in [-0.4, -0.2) is 45.0 Å². The maximum atomic E-state index is 5.60. The maximum Gasteiger partial charge on any atom is 0.231 e. The normalized spacial score (nSPS) is 20.7. The number of methoxy groups -OCH3 is 1. The molecule has 22 heavy (non-hydrogen) atoms. The van der Waals surface area contributed by atoms with Crippen LogP contribution in [0.5, 0.6) is 17.2 Å². The fraction of sp³-hybridized carbons (Fsp3) is 0.647. The van der Waals surface area contributed by atoms with Crippen LogP contribution in [0, 0.1) is 5.92 Å². The molecule has 0 saturated carbocycles. The van der Waals surface area contributed by atoms with Crippen molar-refractivity contribution < 1.29 is 14.2 Å². The number of rotatable bonds is 5. The summed E-state index contributed by atoms with van der Waals surface area (Å²) in [6.45, 7) is 9.10. The van der Waals surface area contributed by atoms with Gasteiger partial charge in [-0.1, -0.05) is 20.3 Å². The molecule has 2 aliphatic rings. The molecule has 1 aromatic rings. The highest BCUT2D eigenvalue weighted by Crippen LogP contribution is 2.45. The largest absolute Gasteiger partial charge is 0.493 e. The molecule has 1 fully saturated rings. The molecule has 0 radical (unpaired) electrons. The lowest BCUT2D eigenvalue weighted by atomic mass is 9.90. The Morgan fingerprint density at radius 1 is 1.27 bits per heavy atom. The Morgan fingerprint density at radius 3 is 2.73 bits per heavy atom. The van der Waals surface area contributed by atoms with E-state index >= 15 is 0 Å². The van der Waals surface area contributed by atoms with Crippen LogP contribution in [0.3, 0.4) is 0 Å². The summed E-state index contributed by atoms with van der Waals surface area (Å²) in [7, 11) is 1.68. The molecule has 5 heteroatoms. The summed E-state index contributed by atoms with van der Waals surface area (Å²) in [6, 6.07) is 4.63. The van der Waals surface area contributed by atoms with Gasteiger partial charge < -0.3 is 19.5 Å². The summed E-state index contributed by atoms with van der Waals surface area (Å²) >= 11 is 0. The lowest BCUT2D eigenvalue weighted by Gasteiger charge is -2.38. The highest BCUT2D eigenvalue weighted by molar-refractivity contribution is 5.55. The first-order valence-electron chi connectivity index (χ1n) is 8.17. The molecule has 1 aromatic carbocycles. The van der Waals surface area contributed by atoms with Crippen molar-refractivity contribution in [3.8, 4) is 17.2 Å². The van der Waals surface area contributed by atoms with Gasteiger partial charge in [0.1, 0.15) is 0 Å². The van der Waals surface area contributed by atoms with Gasteiger partial charge in [0.2, 0.25) is 12.5 Å². The van der Waals surface area contributed by atoms with Crippen LogP contribution in [0.1, 0.15) is 31.9 Å². The second kappa shape index (κ2) is 6.75. The number of ether oxygens (including phenoxy) is 3. The van der Waals surface area contributed by atoms with Crippen molar-refractivity contribution in [3.63, 3.8) is 0 Å². The van der Waals surface area contributed by atoms with Gasteiger partial charge in [0.05, 0.1) is 7.11 Å². The van der Waals surface area contributed by atoms with Crippen molar-refractivity contribution in [1.29, 1.82) is 0 Å². The van der Waals surface area contributed by atoms with E-state index in [2.05, 4.69) is 36.2 Å². The second-order valence-electron chi connectivity index (χ2n) is 6.07. The molecule has 1 N–H and O–H groups in total. The van der Waals surface area contributed by atoms with Crippen LogP contribution in [0.25, 0.3) is 0 Å². The van der Waals surface area contributed by atoms with Crippen LogP contribution < -0.4 is 19.5 Å². The molecule has 1 unspecified atom stereocenters. The zero-order valence-corrected chi connectivity index (χ0v) is 13.7. The Bertz CT molecular complexity index is 515. The highest BCUT2D eigenvalue weighted by Gasteiger charge is 2.30. The number of benzene rings is 1. The number of hydrogen-bond donors (Lipinski definition) is 1. The van der Waals surface area contributed by atoms with E-state index in [1.165, 1.54) is 5.56 Å². The molecule has 2 aliphatic heterocycles. The Labute approximate surface area is 132 Å². The molecule has 0 aliphatic carbocycles. The van der Waals surface area contributed by atoms with E-state index < -0.39 is 0 Å². The first-order chi connectivity index (χ1) is 10.7. The van der Waals surface area contributed by atoms with Crippen LogP contribution in [0.15, 0.2) is 12.1 Å². The lowest BCUT2D eigenvalue weighted by Crippen LogP contribution is -2.46. The molecular weight excluding hydrogens is 280 g/mol. The highest BCUT2D eigenvalue weighted by atomic mass is 16.7. The van der Waals surface area contributed by atoms with Gasteiger partial charge >= 0.3 is 0 Å². The lowest BCUT2D eigenvalue weighted by molar-refractivity contribution is 0.128. The molecule has 0 spiro atoms. The monoisotopic (exact) mass is 306 g/mol. The first-order valence-corrected chi connectivity index (χ1v) is 8.17. The summed E-state index contributed by atoms with van der Waals surface area (Å²) in [6.07, 6.45) is 1.14. The Morgan fingerprint density at radius 2 is 2.05 bits per heavy atom. The zero-order chi connectivity index (χ0) is 15.5. The molecule has 5 nitrogen and oxygen atoms in total. The molecule has 0 bridgehead atoms. The standard InChI is InChI=1S/C17H26N2O3/c1-4-12(2)16(19-7-5-18-6-8-19)13-9-14(20-3)17-15(10-13)21-11-22-17/h9-10,12,16,18H,4-8,11H2,1-3H3/t12?,16-/m1/s1. The second-order valence-corrected chi connectivity index (χ2v) is 6.07. The van der Waals surface area contributed by atoms with Gasteiger partial charge in [-0.25, -0.2) is 0 Å². The number of nitrogens with zero attached hydrogens (tertiary/aromatic N) is 1. The van der Waals surface area contributed by atoms with E-state index in [0.29, 0.717) is 12.0 Å². The summed E-state index contributed by atoms with van der Waals surface area (Å²) < 4.78 is 16.6. The molecule has 0 aromatic heterocycles. The maximum absolute atomic E-state index is 5.60. The van der Waals surface area contributed by atoms with Gasteiger partial charge in [0, 0.05) is 32.2 Å². The van der Waals surface area contributed by atoms with E-state index in [9.17, 15) is 0 Å². The first kappa shape index (κ1) is 15.4. The molecule has 2 heterocycles. The third-order valence-corrected chi connectivity index (χ3v) is 4.75. The quantitative estimate of drug-likeness (QED) is 0.905. The van der Waals surface area contributed by atoms with Crippen molar-refractivity contribution in [2.75, 3.05) is 40.1 Å². The molecule has 1 saturated heterocycles. The minimum atomic E-state index is 0.275. The molecular formula is C17H26N2O3. The Kier molecular flexibility index (Phi) is 4.74. The van der Waals surface area contributed by atoms with Gasteiger partial charge in [0.15, 0.2) is 11.5 Å². The average molecular weight is 306 g/mol. The van der Waals surface area contributed by atoms with E-state index in [-0.39, 0.29) is 6.79 Å². The van der Waals surface area contributed by atoms with Crippen molar-refractivity contribution >= 4 is 0 Å². The van der Waals surface area contributed by atoms with Crippen LogP contribution in [0.2, 0.25) is 0 Å². The smallest absolute Gasteiger partial charge is 0.231 e. The average Bonchev–Trinajstić information content (AvgIpc) is 3.03. The zero-order valence-electron chi connectivity index (χ0n) is 13.7. The minimum Gasteiger partial charge on any atom is -0.493 e. The minimum absolute atomic E-state index is 0.275. The fourth-order valence-electron chi connectivity index (χ4n) is 3.40. The van der Waals surface area contributed by atoms with Crippen molar-refractivity contribution in [2.24, 2.45) is 5.92 Å². The summed E-state index contributed by atoms with van der Waals surface area (Å²) in [4.78, 5) is 2.57. The van der Waals surface area contributed by atoms with E-state index in [1.54, 1.807) is 7.11 Å². The molecule has 122 valence electrons. The summed E-state index contributed by atoms with van der Waals surface area (Å²) in [5.41, 5.74) is 1.26. The third-order valence-electron chi connectivity index (χ3n) is 4.75. The summed E-state index contributed by atoms with van der Waals surface area (Å²) in [5.74, 6) is 2.88. The number of piperazine rings is 1. The van der Waals surface area contributed by atoms with E-state index in [1.807, 2.05) is 0 Å².